The Bertz CT molecular complexity index is 775. The molecule has 0 saturated heterocycles. The summed E-state index contributed by atoms with van der Waals surface area (Å²) in [7, 11) is 0. The molecule has 3 rings (SSSR count). The number of benzene rings is 1. The highest BCUT2D eigenvalue weighted by Gasteiger charge is 2.16. The van der Waals surface area contributed by atoms with E-state index in [1.807, 2.05) is 22.9 Å². The van der Waals surface area contributed by atoms with Gasteiger partial charge in [0.15, 0.2) is 5.82 Å². The number of hydrogen-bond acceptors (Lipinski definition) is 4. The van der Waals surface area contributed by atoms with Gasteiger partial charge in [0.05, 0.1) is 5.52 Å². The number of nitrogens with two attached hydrogens (primary N) is 2. The molecule has 0 aliphatic carbocycles. The maximum atomic E-state index is 6.11. The van der Waals surface area contributed by atoms with E-state index in [4.69, 9.17) is 11.5 Å². The minimum absolute atomic E-state index is 0.510. The van der Waals surface area contributed by atoms with Crippen LogP contribution in [0.3, 0.4) is 0 Å². The van der Waals surface area contributed by atoms with E-state index in [9.17, 15) is 0 Å². The van der Waals surface area contributed by atoms with E-state index in [0.29, 0.717) is 5.82 Å². The van der Waals surface area contributed by atoms with Crippen LogP contribution in [0.5, 0.6) is 0 Å². The largest absolute Gasteiger partial charge is 0.382 e. The molecule has 0 spiro atoms. The zero-order chi connectivity index (χ0) is 14.8. The lowest BCUT2D eigenvalue weighted by Gasteiger charge is -2.06. The summed E-state index contributed by atoms with van der Waals surface area (Å²) in [6, 6.07) is 8.11. The number of para-hydroxylation sites is 1. The van der Waals surface area contributed by atoms with Crippen molar-refractivity contribution in [1.29, 1.82) is 0 Å². The van der Waals surface area contributed by atoms with Crippen LogP contribution in [0.25, 0.3) is 21.8 Å². The molecule has 0 amide bonds. The number of hydrogen-bond donors (Lipinski definition) is 2. The van der Waals surface area contributed by atoms with Crippen molar-refractivity contribution in [2.24, 2.45) is 5.73 Å². The lowest BCUT2D eigenvalue weighted by atomic mass is 10.1. The van der Waals surface area contributed by atoms with Crippen LogP contribution in [0.4, 0.5) is 5.82 Å². The SMILES string of the molecule is CCn1nc2c(N)nc3ccccc3c2c1CCCCN. The van der Waals surface area contributed by atoms with Gasteiger partial charge in [-0.1, -0.05) is 18.2 Å². The first-order chi connectivity index (χ1) is 10.3. The Morgan fingerprint density at radius 2 is 2.00 bits per heavy atom. The minimum atomic E-state index is 0.510. The van der Waals surface area contributed by atoms with Gasteiger partial charge >= 0.3 is 0 Å². The normalized spacial score (nSPS) is 11.5. The Kier molecular flexibility index (Phi) is 3.75. The maximum absolute atomic E-state index is 6.11. The molecule has 1 aromatic carbocycles. The highest BCUT2D eigenvalue weighted by Crippen LogP contribution is 2.31. The molecule has 0 unspecified atom stereocenters. The number of pyridine rings is 1. The summed E-state index contributed by atoms with van der Waals surface area (Å²) in [4.78, 5) is 4.47. The van der Waals surface area contributed by atoms with Crippen LogP contribution in [0, 0.1) is 0 Å². The van der Waals surface area contributed by atoms with E-state index in [2.05, 4.69) is 23.1 Å². The van der Waals surface area contributed by atoms with Crippen LogP contribution < -0.4 is 11.5 Å². The number of aryl methyl sites for hydroxylation is 2. The summed E-state index contributed by atoms with van der Waals surface area (Å²) in [6.45, 7) is 3.66. The van der Waals surface area contributed by atoms with E-state index < -0.39 is 0 Å². The molecule has 21 heavy (non-hydrogen) atoms. The molecule has 3 aromatic rings. The summed E-state index contributed by atoms with van der Waals surface area (Å²) in [5, 5.41) is 6.94. The van der Waals surface area contributed by atoms with Crippen molar-refractivity contribution in [3.8, 4) is 0 Å². The first-order valence-electron chi connectivity index (χ1n) is 7.50. The highest BCUT2D eigenvalue weighted by molar-refractivity contribution is 6.09. The highest BCUT2D eigenvalue weighted by atomic mass is 15.3. The third-order valence-corrected chi connectivity index (χ3v) is 3.88. The van der Waals surface area contributed by atoms with Gasteiger partial charge in [-0.05, 0) is 38.8 Å². The third-order valence-electron chi connectivity index (χ3n) is 3.88. The second-order valence-electron chi connectivity index (χ2n) is 5.25. The maximum Gasteiger partial charge on any atom is 0.152 e. The van der Waals surface area contributed by atoms with E-state index >= 15 is 0 Å². The fraction of sp³-hybridized carbons (Fsp3) is 0.375. The number of nitrogen functional groups attached to an aromatic ring is 1. The Morgan fingerprint density at radius 3 is 2.76 bits per heavy atom. The van der Waals surface area contributed by atoms with Crippen LogP contribution in [0.1, 0.15) is 25.5 Å². The smallest absolute Gasteiger partial charge is 0.152 e. The molecule has 5 nitrogen and oxygen atoms in total. The first kappa shape index (κ1) is 13.8. The van der Waals surface area contributed by atoms with Crippen molar-refractivity contribution in [2.45, 2.75) is 32.7 Å². The molecular weight excluding hydrogens is 262 g/mol. The number of unbranched alkanes of at least 4 members (excludes halogenated alkanes) is 1. The summed E-state index contributed by atoms with van der Waals surface area (Å²) < 4.78 is 2.05. The molecule has 0 atom stereocenters. The molecule has 2 heterocycles. The Morgan fingerprint density at radius 1 is 1.19 bits per heavy atom. The molecule has 0 saturated carbocycles. The Labute approximate surface area is 123 Å². The summed E-state index contributed by atoms with van der Waals surface area (Å²) in [5.41, 5.74) is 14.7. The molecule has 110 valence electrons. The van der Waals surface area contributed by atoms with Gasteiger partial charge in [-0.2, -0.15) is 5.10 Å². The monoisotopic (exact) mass is 283 g/mol. The zero-order valence-electron chi connectivity index (χ0n) is 12.3. The zero-order valence-corrected chi connectivity index (χ0v) is 12.3. The van der Waals surface area contributed by atoms with Gasteiger partial charge in [-0.3, -0.25) is 4.68 Å². The lowest BCUT2D eigenvalue weighted by Crippen LogP contribution is -2.04. The molecular formula is C16H21N5. The summed E-state index contributed by atoms with van der Waals surface area (Å²) >= 11 is 0. The fourth-order valence-electron chi connectivity index (χ4n) is 2.88. The van der Waals surface area contributed by atoms with Crippen molar-refractivity contribution in [3.05, 3.63) is 30.0 Å². The number of aromatic nitrogens is 3. The minimum Gasteiger partial charge on any atom is -0.382 e. The van der Waals surface area contributed by atoms with Gasteiger partial charge in [-0.15, -0.1) is 0 Å². The predicted octanol–water partition coefficient (Wildman–Crippen LogP) is 2.47. The van der Waals surface area contributed by atoms with Crippen molar-refractivity contribution < 1.29 is 0 Å². The number of fused-ring (bicyclic) bond motifs is 3. The van der Waals surface area contributed by atoms with E-state index in [0.717, 1.165) is 54.2 Å². The average Bonchev–Trinajstić information content (AvgIpc) is 2.87. The fourth-order valence-corrected chi connectivity index (χ4v) is 2.88. The second kappa shape index (κ2) is 5.69. The van der Waals surface area contributed by atoms with Crippen molar-refractivity contribution in [3.63, 3.8) is 0 Å². The van der Waals surface area contributed by atoms with Crippen LogP contribution >= 0.6 is 0 Å². The second-order valence-corrected chi connectivity index (χ2v) is 5.25. The van der Waals surface area contributed by atoms with E-state index in [-0.39, 0.29) is 0 Å². The average molecular weight is 283 g/mol. The van der Waals surface area contributed by atoms with Gasteiger partial charge in [0, 0.05) is 23.0 Å². The number of nitrogens with zero attached hydrogens (tertiary/aromatic N) is 3. The quantitative estimate of drug-likeness (QED) is 0.705. The first-order valence-corrected chi connectivity index (χ1v) is 7.50. The van der Waals surface area contributed by atoms with Gasteiger partial charge < -0.3 is 11.5 Å². The third kappa shape index (κ3) is 2.34. The molecule has 0 fully saturated rings. The molecule has 0 radical (unpaired) electrons. The van der Waals surface area contributed by atoms with Crippen molar-refractivity contribution in [2.75, 3.05) is 12.3 Å². The molecule has 0 aliphatic rings. The molecule has 0 aliphatic heterocycles. The van der Waals surface area contributed by atoms with Crippen LogP contribution in [0.2, 0.25) is 0 Å². The standard InChI is InChI=1S/C16H21N5/c1-2-21-13(9-5-6-10-17)14-11-7-3-4-8-12(11)19-16(18)15(14)20-21/h3-4,7-8H,2,5-6,9-10,17H2,1H3,(H2,18,19). The predicted molar refractivity (Wildman–Crippen MR) is 87.1 cm³/mol. The summed E-state index contributed by atoms with van der Waals surface area (Å²) in [5.74, 6) is 0.510. The van der Waals surface area contributed by atoms with Crippen molar-refractivity contribution in [1.82, 2.24) is 14.8 Å². The van der Waals surface area contributed by atoms with E-state index in [1.165, 1.54) is 5.69 Å². The van der Waals surface area contributed by atoms with Gasteiger partial charge in [-0.25, -0.2) is 4.98 Å². The van der Waals surface area contributed by atoms with Crippen LogP contribution in [-0.2, 0) is 13.0 Å². The van der Waals surface area contributed by atoms with Crippen LogP contribution in [0.15, 0.2) is 24.3 Å². The van der Waals surface area contributed by atoms with Gasteiger partial charge in [0.1, 0.15) is 5.52 Å². The topological polar surface area (TPSA) is 82.8 Å². The molecule has 0 bridgehead atoms. The van der Waals surface area contributed by atoms with Crippen LogP contribution in [-0.4, -0.2) is 21.3 Å². The Balaban J connectivity index is 2.27. The van der Waals surface area contributed by atoms with Gasteiger partial charge in [0.25, 0.3) is 0 Å². The van der Waals surface area contributed by atoms with Crippen molar-refractivity contribution >= 4 is 27.6 Å². The number of rotatable bonds is 5. The summed E-state index contributed by atoms with van der Waals surface area (Å²) in [6.07, 6.45) is 3.05. The number of anilines is 1. The molecule has 4 N–H and O–H groups in total. The molecule has 2 aromatic heterocycles. The Hall–Kier alpha value is -2.14. The lowest BCUT2D eigenvalue weighted by molar-refractivity contribution is 0.609. The van der Waals surface area contributed by atoms with Gasteiger partial charge in [0.2, 0.25) is 0 Å². The molecule has 5 heteroatoms. The van der Waals surface area contributed by atoms with E-state index in [1.54, 1.807) is 0 Å².